The molecule has 0 aliphatic carbocycles. The lowest BCUT2D eigenvalue weighted by atomic mass is 10.3. The summed E-state index contributed by atoms with van der Waals surface area (Å²) in [6, 6.07) is 8.24. The normalized spacial score (nSPS) is 10.3. The summed E-state index contributed by atoms with van der Waals surface area (Å²) >= 11 is 3.42. The first-order valence-corrected chi connectivity index (χ1v) is 5.49. The molecule has 0 amide bonds. The molecule has 0 saturated carbocycles. The van der Waals surface area contributed by atoms with Crippen LogP contribution in [-0.2, 0) is 6.54 Å². The Bertz CT molecular complexity index is 408. The van der Waals surface area contributed by atoms with Crippen LogP contribution < -0.4 is 4.90 Å². The molecule has 4 heteroatoms. The second-order valence-electron chi connectivity index (χ2n) is 3.39. The molecule has 0 aliphatic heterocycles. The van der Waals surface area contributed by atoms with Crippen LogP contribution in [0.15, 0.2) is 41.3 Å². The third-order valence-electron chi connectivity index (χ3n) is 2.22. The summed E-state index contributed by atoms with van der Waals surface area (Å²) in [4.78, 5) is 9.30. The van der Waals surface area contributed by atoms with Gasteiger partial charge >= 0.3 is 0 Å². The number of nitrogens with one attached hydrogen (secondary N) is 1. The summed E-state index contributed by atoms with van der Waals surface area (Å²) < 4.78 is 1.10. The maximum Gasteiger partial charge on any atom is 0.0923 e. The fraction of sp³-hybridized carbons (Fsp3) is 0.182. The fourth-order valence-corrected chi connectivity index (χ4v) is 1.67. The van der Waals surface area contributed by atoms with Gasteiger partial charge in [0.05, 0.1) is 18.6 Å². The van der Waals surface area contributed by atoms with Crippen molar-refractivity contribution in [1.82, 2.24) is 9.97 Å². The first-order chi connectivity index (χ1) is 7.25. The standard InChI is InChI=1S/C11H12BrN3/c1-15(7-10-6-13-8-14-10)11-4-2-9(12)3-5-11/h2-6,8H,7H2,1H3,(H,13,14). The average molecular weight is 266 g/mol. The van der Waals surface area contributed by atoms with E-state index in [1.165, 1.54) is 5.69 Å². The van der Waals surface area contributed by atoms with Crippen molar-refractivity contribution in [3.05, 3.63) is 47.0 Å². The fourth-order valence-electron chi connectivity index (χ4n) is 1.41. The first kappa shape index (κ1) is 10.2. The first-order valence-electron chi connectivity index (χ1n) is 4.70. The van der Waals surface area contributed by atoms with Crippen molar-refractivity contribution in [3.8, 4) is 0 Å². The monoisotopic (exact) mass is 265 g/mol. The highest BCUT2D eigenvalue weighted by molar-refractivity contribution is 9.10. The molecule has 2 rings (SSSR count). The molecule has 1 aromatic carbocycles. The zero-order valence-electron chi connectivity index (χ0n) is 8.44. The van der Waals surface area contributed by atoms with E-state index in [2.05, 4.69) is 50.0 Å². The van der Waals surface area contributed by atoms with Crippen molar-refractivity contribution >= 4 is 21.6 Å². The molecular weight excluding hydrogens is 254 g/mol. The molecule has 1 aromatic heterocycles. The highest BCUT2D eigenvalue weighted by atomic mass is 79.9. The van der Waals surface area contributed by atoms with Crippen molar-refractivity contribution in [2.75, 3.05) is 11.9 Å². The van der Waals surface area contributed by atoms with Crippen LogP contribution in [0.2, 0.25) is 0 Å². The van der Waals surface area contributed by atoms with Crippen LogP contribution in [0.3, 0.4) is 0 Å². The maximum atomic E-state index is 4.19. The highest BCUT2D eigenvalue weighted by Gasteiger charge is 2.02. The van der Waals surface area contributed by atoms with Gasteiger partial charge in [0.25, 0.3) is 0 Å². The number of imidazole rings is 1. The zero-order chi connectivity index (χ0) is 10.7. The predicted molar refractivity (Wildman–Crippen MR) is 64.8 cm³/mol. The van der Waals surface area contributed by atoms with Crippen molar-refractivity contribution in [3.63, 3.8) is 0 Å². The zero-order valence-corrected chi connectivity index (χ0v) is 10.0. The molecule has 0 bridgehead atoms. The lowest BCUT2D eigenvalue weighted by molar-refractivity contribution is 0.894. The van der Waals surface area contributed by atoms with Crippen LogP contribution in [-0.4, -0.2) is 17.0 Å². The molecule has 1 heterocycles. The Labute approximate surface area is 97.3 Å². The van der Waals surface area contributed by atoms with E-state index in [0.29, 0.717) is 0 Å². The number of H-pyrrole nitrogens is 1. The van der Waals surface area contributed by atoms with Crippen LogP contribution in [0, 0.1) is 0 Å². The number of hydrogen-bond acceptors (Lipinski definition) is 2. The number of aromatic nitrogens is 2. The molecule has 0 atom stereocenters. The van der Waals surface area contributed by atoms with Gasteiger partial charge < -0.3 is 9.88 Å². The highest BCUT2D eigenvalue weighted by Crippen LogP contribution is 2.18. The van der Waals surface area contributed by atoms with Gasteiger partial charge in [0, 0.05) is 23.4 Å². The van der Waals surface area contributed by atoms with Gasteiger partial charge in [-0.3, -0.25) is 0 Å². The smallest absolute Gasteiger partial charge is 0.0923 e. The lowest BCUT2D eigenvalue weighted by Gasteiger charge is -2.17. The number of hydrogen-bond donors (Lipinski definition) is 1. The molecule has 0 aliphatic rings. The Morgan fingerprint density at radius 3 is 2.67 bits per heavy atom. The number of benzene rings is 1. The van der Waals surface area contributed by atoms with E-state index in [4.69, 9.17) is 0 Å². The predicted octanol–water partition coefficient (Wildman–Crippen LogP) is 2.81. The van der Waals surface area contributed by atoms with Gasteiger partial charge in [0.2, 0.25) is 0 Å². The molecule has 0 unspecified atom stereocenters. The minimum absolute atomic E-state index is 0.811. The van der Waals surface area contributed by atoms with Crippen molar-refractivity contribution < 1.29 is 0 Å². The van der Waals surface area contributed by atoms with Crippen molar-refractivity contribution in [2.45, 2.75) is 6.54 Å². The Morgan fingerprint density at radius 1 is 1.33 bits per heavy atom. The molecule has 78 valence electrons. The SMILES string of the molecule is CN(Cc1c[nH]cn1)c1ccc(Br)cc1. The minimum Gasteiger partial charge on any atom is -0.369 e. The molecule has 0 saturated heterocycles. The summed E-state index contributed by atoms with van der Waals surface area (Å²) in [5, 5.41) is 0. The lowest BCUT2D eigenvalue weighted by Crippen LogP contribution is -2.16. The topological polar surface area (TPSA) is 31.9 Å². The van der Waals surface area contributed by atoms with E-state index in [1.807, 2.05) is 18.3 Å². The third kappa shape index (κ3) is 2.59. The molecule has 0 fully saturated rings. The van der Waals surface area contributed by atoms with Gasteiger partial charge in [-0.2, -0.15) is 0 Å². The quantitative estimate of drug-likeness (QED) is 0.926. The van der Waals surface area contributed by atoms with Crippen LogP contribution in [0.1, 0.15) is 5.69 Å². The van der Waals surface area contributed by atoms with E-state index in [9.17, 15) is 0 Å². The van der Waals surface area contributed by atoms with Crippen molar-refractivity contribution in [1.29, 1.82) is 0 Å². The number of halogens is 1. The number of rotatable bonds is 3. The number of aromatic amines is 1. The Balaban J connectivity index is 2.08. The van der Waals surface area contributed by atoms with Gasteiger partial charge in [-0.05, 0) is 24.3 Å². The van der Waals surface area contributed by atoms with E-state index in [-0.39, 0.29) is 0 Å². The minimum atomic E-state index is 0.811. The van der Waals surface area contributed by atoms with Crippen LogP contribution in [0.4, 0.5) is 5.69 Å². The third-order valence-corrected chi connectivity index (χ3v) is 2.75. The van der Waals surface area contributed by atoms with Crippen molar-refractivity contribution in [2.24, 2.45) is 0 Å². The Morgan fingerprint density at radius 2 is 2.07 bits per heavy atom. The van der Waals surface area contributed by atoms with Crippen LogP contribution >= 0.6 is 15.9 Å². The maximum absolute atomic E-state index is 4.19. The second kappa shape index (κ2) is 4.49. The van der Waals surface area contributed by atoms with E-state index in [0.717, 1.165) is 16.7 Å². The molecule has 0 radical (unpaired) electrons. The van der Waals surface area contributed by atoms with Gasteiger partial charge in [-0.1, -0.05) is 15.9 Å². The van der Waals surface area contributed by atoms with E-state index in [1.54, 1.807) is 6.33 Å². The Kier molecular flexibility index (Phi) is 3.06. The second-order valence-corrected chi connectivity index (χ2v) is 4.31. The summed E-state index contributed by atoms with van der Waals surface area (Å²) in [5.74, 6) is 0. The van der Waals surface area contributed by atoms with Crippen LogP contribution in [0.25, 0.3) is 0 Å². The van der Waals surface area contributed by atoms with Gasteiger partial charge in [-0.25, -0.2) is 4.98 Å². The van der Waals surface area contributed by atoms with Gasteiger partial charge in [0.1, 0.15) is 0 Å². The number of anilines is 1. The van der Waals surface area contributed by atoms with Crippen LogP contribution in [0.5, 0.6) is 0 Å². The molecule has 1 N–H and O–H groups in total. The molecular formula is C11H12BrN3. The molecule has 0 spiro atoms. The van der Waals surface area contributed by atoms with Gasteiger partial charge in [0.15, 0.2) is 0 Å². The molecule has 2 aromatic rings. The largest absolute Gasteiger partial charge is 0.369 e. The van der Waals surface area contributed by atoms with Gasteiger partial charge in [-0.15, -0.1) is 0 Å². The summed E-state index contributed by atoms with van der Waals surface area (Å²) in [6.07, 6.45) is 3.61. The average Bonchev–Trinajstić information content (AvgIpc) is 2.71. The molecule has 15 heavy (non-hydrogen) atoms. The van der Waals surface area contributed by atoms with E-state index >= 15 is 0 Å². The molecule has 3 nitrogen and oxygen atoms in total. The summed E-state index contributed by atoms with van der Waals surface area (Å²) in [5.41, 5.74) is 2.22. The van der Waals surface area contributed by atoms with E-state index < -0.39 is 0 Å². The summed E-state index contributed by atoms with van der Waals surface area (Å²) in [7, 11) is 2.05. The number of nitrogens with zero attached hydrogens (tertiary/aromatic N) is 2. The Hall–Kier alpha value is -1.29. The summed E-state index contributed by atoms with van der Waals surface area (Å²) in [6.45, 7) is 0.811.